The van der Waals surface area contributed by atoms with E-state index in [0.717, 1.165) is 18.9 Å². The van der Waals surface area contributed by atoms with Gasteiger partial charge in [0.15, 0.2) is 0 Å². The summed E-state index contributed by atoms with van der Waals surface area (Å²) >= 11 is 0. The molecular formula is C11H18N4. The molecule has 0 radical (unpaired) electrons. The van der Waals surface area contributed by atoms with Gasteiger partial charge in [-0.1, -0.05) is 12.8 Å². The topological polar surface area (TPSA) is 55.0 Å². The Morgan fingerprint density at radius 1 is 1.27 bits per heavy atom. The summed E-state index contributed by atoms with van der Waals surface area (Å²) in [5, 5.41) is 0. The predicted molar refractivity (Wildman–Crippen MR) is 60.7 cm³/mol. The zero-order chi connectivity index (χ0) is 10.5. The second-order valence-electron chi connectivity index (χ2n) is 3.98. The minimum Gasteiger partial charge on any atom is -0.337 e. The molecule has 2 rings (SSSR count). The summed E-state index contributed by atoms with van der Waals surface area (Å²) in [5.74, 6) is 0.829. The third-order valence-corrected chi connectivity index (χ3v) is 2.96. The maximum Gasteiger partial charge on any atom is 0.225 e. The van der Waals surface area contributed by atoms with Gasteiger partial charge in [-0.15, -0.1) is 0 Å². The summed E-state index contributed by atoms with van der Waals surface area (Å²) in [5.41, 5.74) is 5.80. The van der Waals surface area contributed by atoms with Crippen LogP contribution in [0.5, 0.6) is 0 Å². The molecule has 0 bridgehead atoms. The van der Waals surface area contributed by atoms with Crippen LogP contribution < -0.4 is 10.6 Å². The molecule has 2 N–H and O–H groups in total. The fourth-order valence-electron chi connectivity index (χ4n) is 2.13. The number of hydrogen-bond acceptors (Lipinski definition) is 4. The number of anilines is 1. The maximum atomic E-state index is 5.80. The largest absolute Gasteiger partial charge is 0.337 e. The Morgan fingerprint density at radius 2 is 2.07 bits per heavy atom. The van der Waals surface area contributed by atoms with Crippen LogP contribution in [0.15, 0.2) is 18.5 Å². The molecule has 1 aromatic heterocycles. The van der Waals surface area contributed by atoms with Gasteiger partial charge in [0.1, 0.15) is 0 Å². The van der Waals surface area contributed by atoms with Gasteiger partial charge in [-0.25, -0.2) is 9.97 Å². The van der Waals surface area contributed by atoms with Crippen LogP contribution in [0, 0.1) is 0 Å². The molecule has 2 heterocycles. The molecule has 82 valence electrons. The van der Waals surface area contributed by atoms with Crippen molar-refractivity contribution in [2.75, 3.05) is 18.0 Å². The van der Waals surface area contributed by atoms with Crippen LogP contribution in [0.3, 0.4) is 0 Å². The van der Waals surface area contributed by atoms with Crippen LogP contribution in [0.4, 0.5) is 5.95 Å². The molecule has 0 amide bonds. The first-order valence-electron chi connectivity index (χ1n) is 5.65. The lowest BCUT2D eigenvalue weighted by Crippen LogP contribution is -2.41. The monoisotopic (exact) mass is 206 g/mol. The van der Waals surface area contributed by atoms with E-state index in [1.165, 1.54) is 19.3 Å². The van der Waals surface area contributed by atoms with Crippen molar-refractivity contribution in [3.05, 3.63) is 18.5 Å². The van der Waals surface area contributed by atoms with Gasteiger partial charge in [-0.3, -0.25) is 0 Å². The summed E-state index contributed by atoms with van der Waals surface area (Å²) in [6, 6.07) is 2.26. The normalized spacial score (nSPS) is 22.5. The third kappa shape index (κ3) is 2.45. The molecule has 15 heavy (non-hydrogen) atoms. The van der Waals surface area contributed by atoms with Crippen molar-refractivity contribution in [3.8, 4) is 0 Å². The summed E-state index contributed by atoms with van der Waals surface area (Å²) in [6.45, 7) is 1.73. The second-order valence-corrected chi connectivity index (χ2v) is 3.98. The van der Waals surface area contributed by atoms with E-state index in [4.69, 9.17) is 5.73 Å². The highest BCUT2D eigenvalue weighted by molar-refractivity contribution is 5.30. The predicted octanol–water partition coefficient (Wildman–Crippen LogP) is 1.18. The smallest absolute Gasteiger partial charge is 0.225 e. The lowest BCUT2D eigenvalue weighted by atomic mass is 10.1. The van der Waals surface area contributed by atoms with Crippen molar-refractivity contribution in [2.24, 2.45) is 5.73 Å². The van der Waals surface area contributed by atoms with Crippen molar-refractivity contribution in [3.63, 3.8) is 0 Å². The number of hydrogen-bond donors (Lipinski definition) is 1. The third-order valence-electron chi connectivity index (χ3n) is 2.96. The minimum atomic E-state index is 0.412. The van der Waals surface area contributed by atoms with Crippen LogP contribution in [0.25, 0.3) is 0 Å². The molecule has 0 spiro atoms. The Labute approximate surface area is 90.5 Å². The summed E-state index contributed by atoms with van der Waals surface area (Å²) in [6.07, 6.45) is 8.52. The molecule has 1 saturated heterocycles. The lowest BCUT2D eigenvalue weighted by Gasteiger charge is -2.28. The van der Waals surface area contributed by atoms with Crippen LogP contribution >= 0.6 is 0 Å². The van der Waals surface area contributed by atoms with Crippen LogP contribution in [-0.4, -0.2) is 29.1 Å². The zero-order valence-corrected chi connectivity index (χ0v) is 8.97. The van der Waals surface area contributed by atoms with Crippen molar-refractivity contribution >= 4 is 5.95 Å². The van der Waals surface area contributed by atoms with Crippen LogP contribution in [0.2, 0.25) is 0 Å². The number of nitrogens with two attached hydrogens (primary N) is 1. The standard InChI is InChI=1S/C11H18N4/c12-9-10-5-2-1-3-8-15(10)11-13-6-4-7-14-11/h4,6-7,10H,1-3,5,8-9,12H2. The quantitative estimate of drug-likeness (QED) is 0.789. The molecule has 1 aromatic rings. The first-order chi connectivity index (χ1) is 7.42. The molecule has 1 fully saturated rings. The van der Waals surface area contributed by atoms with Crippen LogP contribution in [0.1, 0.15) is 25.7 Å². The Hall–Kier alpha value is -1.16. The van der Waals surface area contributed by atoms with Gasteiger partial charge >= 0.3 is 0 Å². The Balaban J connectivity index is 2.16. The summed E-state index contributed by atoms with van der Waals surface area (Å²) in [4.78, 5) is 10.9. The highest BCUT2D eigenvalue weighted by Crippen LogP contribution is 2.19. The molecule has 1 aliphatic heterocycles. The van der Waals surface area contributed by atoms with E-state index in [1.54, 1.807) is 12.4 Å². The average molecular weight is 206 g/mol. The highest BCUT2D eigenvalue weighted by Gasteiger charge is 2.21. The lowest BCUT2D eigenvalue weighted by molar-refractivity contribution is 0.570. The van der Waals surface area contributed by atoms with Gasteiger partial charge in [-0.05, 0) is 18.9 Å². The van der Waals surface area contributed by atoms with E-state index in [-0.39, 0.29) is 0 Å². The van der Waals surface area contributed by atoms with Gasteiger partial charge in [0.05, 0.1) is 0 Å². The van der Waals surface area contributed by atoms with E-state index in [2.05, 4.69) is 14.9 Å². The highest BCUT2D eigenvalue weighted by atomic mass is 15.3. The van der Waals surface area contributed by atoms with E-state index in [0.29, 0.717) is 12.6 Å². The van der Waals surface area contributed by atoms with Crippen molar-refractivity contribution in [2.45, 2.75) is 31.7 Å². The van der Waals surface area contributed by atoms with Crippen molar-refractivity contribution < 1.29 is 0 Å². The first-order valence-corrected chi connectivity index (χ1v) is 5.65. The number of aromatic nitrogens is 2. The average Bonchev–Trinajstić information content (AvgIpc) is 2.55. The minimum absolute atomic E-state index is 0.412. The van der Waals surface area contributed by atoms with E-state index >= 15 is 0 Å². The molecule has 1 atom stereocenters. The van der Waals surface area contributed by atoms with E-state index in [9.17, 15) is 0 Å². The molecule has 4 nitrogen and oxygen atoms in total. The van der Waals surface area contributed by atoms with Crippen molar-refractivity contribution in [1.82, 2.24) is 9.97 Å². The molecule has 4 heteroatoms. The van der Waals surface area contributed by atoms with Gasteiger partial charge in [0.2, 0.25) is 5.95 Å². The van der Waals surface area contributed by atoms with Gasteiger partial charge in [-0.2, -0.15) is 0 Å². The van der Waals surface area contributed by atoms with Crippen molar-refractivity contribution in [1.29, 1.82) is 0 Å². The first kappa shape index (κ1) is 10.4. The molecule has 0 aromatic carbocycles. The molecule has 1 aliphatic rings. The molecular weight excluding hydrogens is 188 g/mol. The number of nitrogens with zero attached hydrogens (tertiary/aromatic N) is 3. The van der Waals surface area contributed by atoms with Gasteiger partial charge in [0.25, 0.3) is 0 Å². The van der Waals surface area contributed by atoms with Gasteiger partial charge < -0.3 is 10.6 Å². The fourth-order valence-corrected chi connectivity index (χ4v) is 2.13. The van der Waals surface area contributed by atoms with Crippen LogP contribution in [-0.2, 0) is 0 Å². The van der Waals surface area contributed by atoms with E-state index < -0.39 is 0 Å². The van der Waals surface area contributed by atoms with E-state index in [1.807, 2.05) is 6.07 Å². The SMILES string of the molecule is NCC1CCCCCN1c1ncccn1. The number of rotatable bonds is 2. The molecule has 0 saturated carbocycles. The molecule has 0 aliphatic carbocycles. The summed E-state index contributed by atoms with van der Waals surface area (Å²) in [7, 11) is 0. The van der Waals surface area contributed by atoms with Gasteiger partial charge in [0, 0.05) is 31.5 Å². The second kappa shape index (κ2) is 5.07. The summed E-state index contributed by atoms with van der Waals surface area (Å²) < 4.78 is 0. The molecule has 1 unspecified atom stereocenters. The Bertz CT molecular complexity index is 288. The maximum absolute atomic E-state index is 5.80. The Kier molecular flexibility index (Phi) is 3.50. The fraction of sp³-hybridized carbons (Fsp3) is 0.636. The Morgan fingerprint density at radius 3 is 2.80 bits per heavy atom. The zero-order valence-electron chi connectivity index (χ0n) is 8.97.